The molecule has 208 valence electrons. The van der Waals surface area contributed by atoms with Crippen molar-refractivity contribution in [3.05, 3.63) is 92.2 Å². The average molecular weight is 616 g/mol. The number of halogens is 10. The topological polar surface area (TPSA) is 58.1 Å². The molecule has 0 aliphatic rings. The first-order valence-corrected chi connectivity index (χ1v) is 11.9. The van der Waals surface area contributed by atoms with Gasteiger partial charge in [0.1, 0.15) is 11.7 Å². The maximum absolute atomic E-state index is 15.0. The Balaban J connectivity index is 2.02. The number of nitrogens with zero attached hydrogens (tertiary/aromatic N) is 3. The highest BCUT2D eigenvalue weighted by Crippen LogP contribution is 2.42. The van der Waals surface area contributed by atoms with E-state index in [1.165, 1.54) is 18.5 Å². The molecule has 5 nitrogen and oxygen atoms in total. The van der Waals surface area contributed by atoms with Crippen LogP contribution < -0.4 is 10.4 Å². The Morgan fingerprint density at radius 1 is 1.03 bits per heavy atom. The van der Waals surface area contributed by atoms with E-state index in [1.807, 2.05) is 0 Å². The summed E-state index contributed by atoms with van der Waals surface area (Å²) in [6, 6.07) is 4.77. The van der Waals surface area contributed by atoms with Crippen molar-refractivity contribution in [2.45, 2.75) is 25.2 Å². The maximum atomic E-state index is 15.0. The summed E-state index contributed by atoms with van der Waals surface area (Å²) in [6.07, 6.45) is -7.46. The molecule has 3 aromatic rings. The molecule has 0 saturated carbocycles. The lowest BCUT2D eigenvalue weighted by atomic mass is 9.95. The monoisotopic (exact) mass is 614 g/mol. The Morgan fingerprint density at radius 3 is 2.13 bits per heavy atom. The Bertz CT molecular complexity index is 1360. The van der Waals surface area contributed by atoms with E-state index in [2.05, 4.69) is 15.4 Å². The zero-order valence-corrected chi connectivity index (χ0v) is 21.8. The fourth-order valence-corrected chi connectivity index (χ4v) is 4.00. The Morgan fingerprint density at radius 2 is 1.62 bits per heavy atom. The number of nitrogens with one attached hydrogen (secondary N) is 1. The molecule has 0 aliphatic carbocycles. The van der Waals surface area contributed by atoms with Gasteiger partial charge in [-0.15, -0.1) is 0 Å². The smallest absolute Gasteiger partial charge is 0.267 e. The molecule has 1 amide bonds. The van der Waals surface area contributed by atoms with E-state index in [-0.39, 0.29) is 39.7 Å². The Labute approximate surface area is 232 Å². The second-order valence-electron chi connectivity index (χ2n) is 7.82. The van der Waals surface area contributed by atoms with E-state index in [0.29, 0.717) is 6.07 Å². The number of hydrogen-bond donors (Lipinski definition) is 1. The summed E-state index contributed by atoms with van der Waals surface area (Å²) >= 11 is 17.4. The van der Waals surface area contributed by atoms with Crippen LogP contribution in [0.5, 0.6) is 0 Å². The summed E-state index contributed by atoms with van der Waals surface area (Å²) < 4.78 is 98.0. The normalized spacial score (nSPS) is 13.3. The largest absolute Gasteiger partial charge is 0.417 e. The molecule has 0 aliphatic heterocycles. The van der Waals surface area contributed by atoms with Gasteiger partial charge in [-0.2, -0.15) is 26.3 Å². The first kappa shape index (κ1) is 30.5. The molecule has 1 atom stereocenters. The lowest BCUT2D eigenvalue weighted by Gasteiger charge is -2.22. The van der Waals surface area contributed by atoms with Crippen LogP contribution in [0.4, 0.5) is 36.7 Å². The van der Waals surface area contributed by atoms with E-state index < -0.39 is 52.3 Å². The predicted octanol–water partition coefficient (Wildman–Crippen LogP) is 8.28. The van der Waals surface area contributed by atoms with Crippen LogP contribution in [0, 0.1) is 0 Å². The highest BCUT2D eigenvalue weighted by molar-refractivity contribution is 6.48. The van der Waals surface area contributed by atoms with E-state index in [1.54, 1.807) is 6.92 Å². The number of aromatic nitrogens is 2. The Kier molecular flexibility index (Phi) is 9.35. The van der Waals surface area contributed by atoms with Gasteiger partial charge in [0, 0.05) is 24.5 Å². The van der Waals surface area contributed by atoms with Crippen molar-refractivity contribution in [1.29, 1.82) is 0 Å². The van der Waals surface area contributed by atoms with Crippen molar-refractivity contribution in [2.75, 3.05) is 11.6 Å². The molecule has 1 heterocycles. The minimum Gasteiger partial charge on any atom is -0.267 e. The number of anilines is 1. The zero-order valence-electron chi connectivity index (χ0n) is 19.5. The number of hydrazine groups is 1. The van der Waals surface area contributed by atoms with Gasteiger partial charge in [0.05, 0.1) is 26.2 Å². The van der Waals surface area contributed by atoms with Crippen LogP contribution in [-0.4, -0.2) is 28.6 Å². The van der Waals surface area contributed by atoms with Crippen LogP contribution in [0.3, 0.4) is 0 Å². The summed E-state index contributed by atoms with van der Waals surface area (Å²) in [5.41, 5.74) is -1.70. The number of benzene rings is 2. The molecule has 15 heteroatoms. The van der Waals surface area contributed by atoms with E-state index in [4.69, 9.17) is 34.8 Å². The van der Waals surface area contributed by atoms with E-state index in [0.717, 1.165) is 23.2 Å². The molecule has 0 bridgehead atoms. The molecule has 1 N–H and O–H groups in total. The van der Waals surface area contributed by atoms with Crippen molar-refractivity contribution < 1.29 is 35.5 Å². The molecule has 1 aromatic heterocycles. The highest BCUT2D eigenvalue weighted by atomic mass is 35.5. The highest BCUT2D eigenvalue weighted by Gasteiger charge is 2.41. The third-order valence-electron chi connectivity index (χ3n) is 5.22. The van der Waals surface area contributed by atoms with Gasteiger partial charge in [0.25, 0.3) is 5.91 Å². The third-order valence-corrected chi connectivity index (χ3v) is 6.42. The zero-order chi connectivity index (χ0) is 29.1. The van der Waals surface area contributed by atoms with Crippen LogP contribution in [0.1, 0.15) is 39.9 Å². The second-order valence-corrected chi connectivity index (χ2v) is 9.02. The van der Waals surface area contributed by atoms with Crippen LogP contribution >= 0.6 is 34.8 Å². The molecule has 0 spiro atoms. The lowest BCUT2D eigenvalue weighted by Crippen LogP contribution is -2.43. The van der Waals surface area contributed by atoms with Crippen LogP contribution in [-0.2, 0) is 6.18 Å². The lowest BCUT2D eigenvalue weighted by molar-refractivity contribution is -0.140. The summed E-state index contributed by atoms with van der Waals surface area (Å²) in [5, 5.41) is 0.183. The van der Waals surface area contributed by atoms with Crippen LogP contribution in [0.25, 0.3) is 5.83 Å². The van der Waals surface area contributed by atoms with E-state index >= 15 is 4.39 Å². The molecule has 0 radical (unpaired) electrons. The van der Waals surface area contributed by atoms with Gasteiger partial charge in [-0.05, 0) is 48.9 Å². The van der Waals surface area contributed by atoms with Crippen molar-refractivity contribution in [2.24, 2.45) is 0 Å². The molecule has 1 unspecified atom stereocenters. The summed E-state index contributed by atoms with van der Waals surface area (Å²) in [5.74, 6) is -5.50. The van der Waals surface area contributed by atoms with Gasteiger partial charge in [0.15, 0.2) is 0 Å². The number of rotatable bonds is 7. The molecule has 39 heavy (non-hydrogen) atoms. The van der Waals surface area contributed by atoms with Gasteiger partial charge >= 0.3 is 12.4 Å². The van der Waals surface area contributed by atoms with Crippen molar-refractivity contribution in [1.82, 2.24) is 15.4 Å². The molecule has 3 rings (SSSR count). The minimum absolute atomic E-state index is 0.00638. The van der Waals surface area contributed by atoms with Gasteiger partial charge in [-0.1, -0.05) is 40.9 Å². The maximum Gasteiger partial charge on any atom is 0.417 e. The van der Waals surface area contributed by atoms with Gasteiger partial charge in [-0.25, -0.2) is 14.4 Å². The van der Waals surface area contributed by atoms with Gasteiger partial charge in [0.2, 0.25) is 5.95 Å². The molecular weight excluding hydrogens is 600 g/mol. The number of carbonyl (C=O) groups is 1. The number of alkyl halides is 6. The minimum atomic E-state index is -5.16. The van der Waals surface area contributed by atoms with Crippen LogP contribution in [0.2, 0.25) is 15.1 Å². The first-order valence-electron chi connectivity index (χ1n) is 10.8. The first-order chi connectivity index (χ1) is 18.1. The standard InChI is InChI=1S/C24H16Cl3F7N4O/c1-2-38(22-35-6-3-7-36-22)37-21(39)14-5-4-12(8-16(14)24(32,33)34)19(28)11-15(23(29,30)31)13-9-17(25)20(27)18(26)10-13/h3-11,15H,2H2,1H3,(H,37,39)/b19-11-. The SMILES string of the molecule is CCN(NC(=O)c1ccc(/C(F)=C/C(c2cc(Cl)c(Cl)c(Cl)c2)C(F)(F)F)cc1C(F)(F)F)c1ncccn1. The fourth-order valence-electron chi connectivity index (χ4n) is 3.39. The Hall–Kier alpha value is -3.09. The molecular formula is C24H16Cl3F7N4O. The van der Waals surface area contributed by atoms with Gasteiger partial charge < -0.3 is 0 Å². The summed E-state index contributed by atoms with van der Waals surface area (Å²) in [4.78, 5) is 20.5. The summed E-state index contributed by atoms with van der Waals surface area (Å²) in [7, 11) is 0. The molecule has 0 fully saturated rings. The number of amides is 1. The third kappa shape index (κ3) is 7.31. The van der Waals surface area contributed by atoms with Gasteiger partial charge in [-0.3, -0.25) is 15.2 Å². The van der Waals surface area contributed by atoms with Crippen molar-refractivity contribution in [3.8, 4) is 0 Å². The number of hydrogen-bond acceptors (Lipinski definition) is 4. The molecule has 2 aromatic carbocycles. The second kappa shape index (κ2) is 12.0. The van der Waals surface area contributed by atoms with E-state index in [9.17, 15) is 31.1 Å². The average Bonchev–Trinajstić information content (AvgIpc) is 2.87. The van der Waals surface area contributed by atoms with Crippen LogP contribution in [0.15, 0.2) is 54.9 Å². The fraction of sp³-hybridized carbons (Fsp3) is 0.208. The van der Waals surface area contributed by atoms with Crippen molar-refractivity contribution in [3.63, 3.8) is 0 Å². The summed E-state index contributed by atoms with van der Waals surface area (Å²) in [6.45, 7) is 1.65. The number of carbonyl (C=O) groups excluding carboxylic acids is 1. The van der Waals surface area contributed by atoms with Crippen molar-refractivity contribution >= 4 is 52.5 Å². The number of allylic oxidation sites excluding steroid dienone is 1. The quantitative estimate of drug-likeness (QED) is 0.165. The predicted molar refractivity (Wildman–Crippen MR) is 133 cm³/mol. The molecule has 0 saturated heterocycles.